The SMILES string of the molecule is CC(C)(C)C(=O)N1CCN(c2cc(C#N)c3cc([N+](=O)[O-])ccc3n2)CC1. The van der Waals surface area contributed by atoms with E-state index in [1.54, 1.807) is 12.1 Å². The van der Waals surface area contributed by atoms with Crippen molar-refractivity contribution >= 4 is 28.3 Å². The van der Waals surface area contributed by atoms with Crippen molar-refractivity contribution in [1.29, 1.82) is 5.26 Å². The highest BCUT2D eigenvalue weighted by Gasteiger charge is 2.30. The lowest BCUT2D eigenvalue weighted by atomic mass is 9.94. The molecule has 1 fully saturated rings. The molecule has 140 valence electrons. The molecule has 2 aromatic rings. The molecule has 1 aromatic carbocycles. The Kier molecular flexibility index (Phi) is 4.70. The summed E-state index contributed by atoms with van der Waals surface area (Å²) in [5, 5.41) is 20.9. The first-order valence-corrected chi connectivity index (χ1v) is 8.74. The molecule has 3 rings (SSSR count). The molecule has 0 spiro atoms. The number of fused-ring (bicyclic) bond motifs is 1. The molecule has 27 heavy (non-hydrogen) atoms. The number of anilines is 1. The lowest BCUT2D eigenvalue weighted by molar-refractivity contribution is -0.384. The number of pyridine rings is 1. The maximum Gasteiger partial charge on any atom is 0.270 e. The van der Waals surface area contributed by atoms with Gasteiger partial charge in [0.25, 0.3) is 5.69 Å². The highest BCUT2D eigenvalue weighted by Crippen LogP contribution is 2.27. The Hall–Kier alpha value is -3.21. The molecule has 1 saturated heterocycles. The average molecular weight is 367 g/mol. The summed E-state index contributed by atoms with van der Waals surface area (Å²) in [6.07, 6.45) is 0. The Morgan fingerprint density at radius 3 is 2.44 bits per heavy atom. The predicted molar refractivity (Wildman–Crippen MR) is 101 cm³/mol. The Labute approximate surface area is 157 Å². The molecule has 0 N–H and O–H groups in total. The van der Waals surface area contributed by atoms with Crippen LogP contribution in [0.15, 0.2) is 24.3 Å². The van der Waals surface area contributed by atoms with E-state index in [0.717, 1.165) is 0 Å². The van der Waals surface area contributed by atoms with E-state index in [9.17, 15) is 20.2 Å². The number of nitriles is 1. The third kappa shape index (κ3) is 3.67. The van der Waals surface area contributed by atoms with Crippen molar-refractivity contribution < 1.29 is 9.72 Å². The van der Waals surface area contributed by atoms with Gasteiger partial charge in [0, 0.05) is 49.1 Å². The fourth-order valence-electron chi connectivity index (χ4n) is 3.18. The van der Waals surface area contributed by atoms with Gasteiger partial charge in [-0.15, -0.1) is 0 Å². The van der Waals surface area contributed by atoms with Crippen molar-refractivity contribution in [2.45, 2.75) is 20.8 Å². The molecule has 0 aliphatic carbocycles. The largest absolute Gasteiger partial charge is 0.353 e. The number of carbonyl (C=O) groups excluding carboxylic acids is 1. The Bertz CT molecular complexity index is 950. The van der Waals surface area contributed by atoms with Crippen LogP contribution in [0.3, 0.4) is 0 Å². The van der Waals surface area contributed by atoms with Crippen LogP contribution in [0.1, 0.15) is 26.3 Å². The van der Waals surface area contributed by atoms with Gasteiger partial charge in [0.15, 0.2) is 0 Å². The van der Waals surface area contributed by atoms with Gasteiger partial charge >= 0.3 is 0 Å². The topological polar surface area (TPSA) is 103 Å². The van der Waals surface area contributed by atoms with Gasteiger partial charge in [-0.1, -0.05) is 20.8 Å². The molecule has 1 aromatic heterocycles. The van der Waals surface area contributed by atoms with E-state index < -0.39 is 10.3 Å². The summed E-state index contributed by atoms with van der Waals surface area (Å²) in [5.74, 6) is 0.773. The monoisotopic (exact) mass is 367 g/mol. The van der Waals surface area contributed by atoms with Crippen LogP contribution in [-0.2, 0) is 4.79 Å². The lowest BCUT2D eigenvalue weighted by Crippen LogP contribution is -2.51. The van der Waals surface area contributed by atoms with E-state index >= 15 is 0 Å². The standard InChI is InChI=1S/C19H21N5O3/c1-19(2,3)18(25)23-8-6-22(7-9-23)17-10-13(12-20)15-11-14(24(26)27)4-5-16(15)21-17/h4-5,10-11H,6-9H2,1-3H3. The first kappa shape index (κ1) is 18.6. The van der Waals surface area contributed by atoms with Crippen LogP contribution in [0.5, 0.6) is 0 Å². The maximum atomic E-state index is 12.4. The number of aromatic nitrogens is 1. The number of nitro benzene ring substituents is 1. The molecule has 0 unspecified atom stereocenters. The maximum absolute atomic E-state index is 12.4. The number of amides is 1. The fourth-order valence-corrected chi connectivity index (χ4v) is 3.18. The van der Waals surface area contributed by atoms with Crippen molar-refractivity contribution in [3.05, 3.63) is 39.9 Å². The minimum atomic E-state index is -0.486. The molecule has 1 amide bonds. The molecule has 0 atom stereocenters. The second kappa shape index (κ2) is 6.83. The van der Waals surface area contributed by atoms with Gasteiger partial charge in [-0.05, 0) is 12.1 Å². The van der Waals surface area contributed by atoms with E-state index in [2.05, 4.69) is 11.1 Å². The summed E-state index contributed by atoms with van der Waals surface area (Å²) >= 11 is 0. The van der Waals surface area contributed by atoms with Gasteiger partial charge in [-0.2, -0.15) is 5.26 Å². The van der Waals surface area contributed by atoms with Crippen molar-refractivity contribution in [2.75, 3.05) is 31.1 Å². The number of nitrogens with zero attached hydrogens (tertiary/aromatic N) is 5. The zero-order valence-corrected chi connectivity index (χ0v) is 15.6. The van der Waals surface area contributed by atoms with Crippen LogP contribution >= 0.6 is 0 Å². The highest BCUT2D eigenvalue weighted by atomic mass is 16.6. The minimum Gasteiger partial charge on any atom is -0.353 e. The highest BCUT2D eigenvalue weighted by molar-refractivity contribution is 5.88. The minimum absolute atomic E-state index is 0.0668. The van der Waals surface area contributed by atoms with Crippen LogP contribution in [0, 0.1) is 26.9 Å². The summed E-state index contributed by atoms with van der Waals surface area (Å²) in [6.45, 7) is 8.16. The number of nitro groups is 1. The predicted octanol–water partition coefficient (Wildman–Crippen LogP) is 2.71. The van der Waals surface area contributed by atoms with Crippen LogP contribution in [0.25, 0.3) is 10.9 Å². The van der Waals surface area contributed by atoms with Crippen LogP contribution < -0.4 is 4.90 Å². The van der Waals surface area contributed by atoms with Gasteiger partial charge in [-0.25, -0.2) is 4.98 Å². The number of benzene rings is 1. The molecule has 0 bridgehead atoms. The van der Waals surface area contributed by atoms with Crippen molar-refractivity contribution in [3.63, 3.8) is 0 Å². The number of rotatable bonds is 2. The summed E-state index contributed by atoms with van der Waals surface area (Å²) in [6, 6.07) is 8.10. The molecular weight excluding hydrogens is 346 g/mol. The molecule has 1 aliphatic heterocycles. The molecule has 2 heterocycles. The summed E-state index contributed by atoms with van der Waals surface area (Å²) in [7, 11) is 0. The summed E-state index contributed by atoms with van der Waals surface area (Å²) in [5.41, 5.74) is 0.420. The molecule has 0 saturated carbocycles. The van der Waals surface area contributed by atoms with E-state index in [1.807, 2.05) is 30.6 Å². The zero-order valence-electron chi connectivity index (χ0n) is 15.6. The van der Waals surface area contributed by atoms with Crippen molar-refractivity contribution in [2.24, 2.45) is 5.41 Å². The number of piperazine rings is 1. The quantitative estimate of drug-likeness (QED) is 0.597. The molecule has 1 aliphatic rings. The number of non-ortho nitro benzene ring substituents is 1. The molecule has 0 radical (unpaired) electrons. The van der Waals surface area contributed by atoms with Crippen LogP contribution in [-0.4, -0.2) is 46.9 Å². The molecule has 8 heteroatoms. The average Bonchev–Trinajstić information content (AvgIpc) is 2.65. The van der Waals surface area contributed by atoms with E-state index in [1.165, 1.54) is 12.1 Å². The lowest BCUT2D eigenvalue weighted by Gasteiger charge is -2.38. The van der Waals surface area contributed by atoms with Crippen LogP contribution in [0.2, 0.25) is 0 Å². The van der Waals surface area contributed by atoms with E-state index in [0.29, 0.717) is 48.5 Å². The summed E-state index contributed by atoms with van der Waals surface area (Å²) < 4.78 is 0. The third-order valence-corrected chi connectivity index (χ3v) is 4.64. The first-order valence-electron chi connectivity index (χ1n) is 8.74. The second-order valence-corrected chi connectivity index (χ2v) is 7.63. The number of hydrogen-bond acceptors (Lipinski definition) is 6. The van der Waals surface area contributed by atoms with E-state index in [-0.39, 0.29) is 11.6 Å². The van der Waals surface area contributed by atoms with Gasteiger partial charge in [0.2, 0.25) is 5.91 Å². The zero-order chi connectivity index (χ0) is 19.8. The Morgan fingerprint density at radius 1 is 1.22 bits per heavy atom. The smallest absolute Gasteiger partial charge is 0.270 e. The Morgan fingerprint density at radius 2 is 1.89 bits per heavy atom. The number of carbonyl (C=O) groups is 1. The molecular formula is C19H21N5O3. The normalized spacial score (nSPS) is 14.9. The van der Waals surface area contributed by atoms with Gasteiger partial charge in [0.1, 0.15) is 5.82 Å². The molecule has 8 nitrogen and oxygen atoms in total. The van der Waals surface area contributed by atoms with E-state index in [4.69, 9.17) is 0 Å². The Balaban J connectivity index is 1.86. The van der Waals surface area contributed by atoms with Gasteiger partial charge < -0.3 is 9.80 Å². The fraction of sp³-hybridized carbons (Fsp3) is 0.421. The number of hydrogen-bond donors (Lipinski definition) is 0. The van der Waals surface area contributed by atoms with Crippen molar-refractivity contribution in [3.8, 4) is 6.07 Å². The summed E-state index contributed by atoms with van der Waals surface area (Å²) in [4.78, 5) is 31.4. The van der Waals surface area contributed by atoms with Crippen molar-refractivity contribution in [1.82, 2.24) is 9.88 Å². The first-order chi connectivity index (χ1) is 12.7. The van der Waals surface area contributed by atoms with Gasteiger partial charge in [0.05, 0.1) is 22.1 Å². The van der Waals surface area contributed by atoms with Gasteiger partial charge in [-0.3, -0.25) is 14.9 Å². The third-order valence-electron chi connectivity index (χ3n) is 4.64. The second-order valence-electron chi connectivity index (χ2n) is 7.63. The van der Waals surface area contributed by atoms with Crippen LogP contribution in [0.4, 0.5) is 11.5 Å².